The van der Waals surface area contributed by atoms with Crippen molar-refractivity contribution >= 4 is 23.0 Å². The molecule has 1 aliphatic rings. The smallest absolute Gasteiger partial charge is 0.152 e. The second-order valence-electron chi connectivity index (χ2n) is 7.03. The topological polar surface area (TPSA) is 17.1 Å². The van der Waals surface area contributed by atoms with Crippen molar-refractivity contribution in [1.82, 2.24) is 0 Å². The molecular formula is C28H22O. The molecule has 0 unspecified atom stereocenters. The molecule has 0 fully saturated rings. The Bertz CT molecular complexity index is 1130. The zero-order valence-corrected chi connectivity index (χ0v) is 16.4. The molecule has 1 aliphatic carbocycles. The van der Waals surface area contributed by atoms with Gasteiger partial charge in [-0.05, 0) is 64.1 Å². The van der Waals surface area contributed by atoms with E-state index >= 15 is 0 Å². The minimum atomic E-state index is 0.0396. The van der Waals surface area contributed by atoms with Crippen LogP contribution in [0.2, 0.25) is 0 Å². The molecule has 0 aliphatic heterocycles. The van der Waals surface area contributed by atoms with Gasteiger partial charge in [-0.15, -0.1) is 0 Å². The first kappa shape index (κ1) is 18.6. The van der Waals surface area contributed by atoms with Gasteiger partial charge in [-0.1, -0.05) is 97.1 Å². The summed E-state index contributed by atoms with van der Waals surface area (Å²) in [5, 5.41) is 0. The molecule has 0 atom stereocenters. The van der Waals surface area contributed by atoms with E-state index < -0.39 is 0 Å². The quantitative estimate of drug-likeness (QED) is 0.451. The lowest BCUT2D eigenvalue weighted by molar-refractivity contribution is -0.112. The van der Waals surface area contributed by atoms with E-state index in [2.05, 4.69) is 60.7 Å². The fourth-order valence-corrected chi connectivity index (χ4v) is 3.60. The molecule has 0 spiro atoms. The molecule has 140 valence electrons. The number of allylic oxidation sites excluding steroid dienone is 7. The van der Waals surface area contributed by atoms with E-state index in [-0.39, 0.29) is 5.78 Å². The second kappa shape index (κ2) is 8.53. The third kappa shape index (κ3) is 4.25. The molecule has 0 saturated carbocycles. The van der Waals surface area contributed by atoms with Gasteiger partial charge in [0.1, 0.15) is 0 Å². The van der Waals surface area contributed by atoms with Gasteiger partial charge in [-0.3, -0.25) is 4.79 Å². The van der Waals surface area contributed by atoms with Crippen molar-refractivity contribution in [3.05, 3.63) is 137 Å². The van der Waals surface area contributed by atoms with E-state index in [1.807, 2.05) is 48.5 Å². The lowest BCUT2D eigenvalue weighted by Gasteiger charge is -2.10. The van der Waals surface area contributed by atoms with E-state index in [4.69, 9.17) is 0 Å². The number of hydrogen-bond acceptors (Lipinski definition) is 1. The highest BCUT2D eigenvalue weighted by Crippen LogP contribution is 2.43. The van der Waals surface area contributed by atoms with Gasteiger partial charge >= 0.3 is 0 Å². The maximum absolute atomic E-state index is 11.7. The van der Waals surface area contributed by atoms with Gasteiger partial charge < -0.3 is 0 Å². The summed E-state index contributed by atoms with van der Waals surface area (Å²) in [6, 6.07) is 31.0. The van der Waals surface area contributed by atoms with Crippen LogP contribution in [0.1, 0.15) is 23.6 Å². The van der Waals surface area contributed by atoms with Crippen LogP contribution >= 0.6 is 0 Å². The van der Waals surface area contributed by atoms with Crippen molar-refractivity contribution in [3.63, 3.8) is 0 Å². The van der Waals surface area contributed by atoms with E-state index in [1.165, 1.54) is 0 Å². The Morgan fingerprint density at radius 1 is 0.724 bits per heavy atom. The Morgan fingerprint density at radius 2 is 1.28 bits per heavy atom. The summed E-state index contributed by atoms with van der Waals surface area (Å²) >= 11 is 0. The van der Waals surface area contributed by atoms with E-state index in [9.17, 15) is 4.79 Å². The molecule has 1 nitrogen and oxygen atoms in total. The van der Waals surface area contributed by atoms with E-state index in [1.54, 1.807) is 13.0 Å². The highest BCUT2D eigenvalue weighted by Gasteiger charge is 2.22. The first-order chi connectivity index (χ1) is 14.2. The Balaban J connectivity index is 1.97. The molecule has 3 aromatic rings. The van der Waals surface area contributed by atoms with Crippen molar-refractivity contribution in [2.75, 3.05) is 0 Å². The normalized spacial score (nSPS) is 15.2. The summed E-state index contributed by atoms with van der Waals surface area (Å²) in [5.74, 6) is 0.0396. The van der Waals surface area contributed by atoms with Crippen molar-refractivity contribution in [2.45, 2.75) is 6.92 Å². The minimum absolute atomic E-state index is 0.0396. The highest BCUT2D eigenvalue weighted by molar-refractivity contribution is 6.08. The number of benzene rings is 3. The van der Waals surface area contributed by atoms with Crippen molar-refractivity contribution < 1.29 is 4.79 Å². The van der Waals surface area contributed by atoms with Crippen LogP contribution in [0.15, 0.2) is 120 Å². The molecule has 0 amide bonds. The fourth-order valence-electron chi connectivity index (χ4n) is 3.60. The van der Waals surface area contributed by atoms with Crippen LogP contribution in [0.4, 0.5) is 0 Å². The third-order valence-electron chi connectivity index (χ3n) is 4.90. The largest absolute Gasteiger partial charge is 0.295 e. The second-order valence-corrected chi connectivity index (χ2v) is 7.03. The molecule has 1 heteroatoms. The molecule has 0 heterocycles. The van der Waals surface area contributed by atoms with Gasteiger partial charge in [0.25, 0.3) is 0 Å². The number of carbonyl (C=O) groups excluding carboxylic acids is 1. The standard InChI is InChI=1S/C28H22O/c1-21(29)17-18-26-27(23-13-7-3-8-14-23)20-25(19-22-11-5-2-6-12-22)28(26)24-15-9-4-10-16-24/h2-20H,1H3/b18-17-,25-19+. The summed E-state index contributed by atoms with van der Waals surface area (Å²) in [7, 11) is 0. The third-order valence-corrected chi connectivity index (χ3v) is 4.90. The summed E-state index contributed by atoms with van der Waals surface area (Å²) in [5.41, 5.74) is 7.91. The average molecular weight is 374 g/mol. The van der Waals surface area contributed by atoms with Crippen LogP contribution in [-0.2, 0) is 4.79 Å². The first-order valence-corrected chi connectivity index (χ1v) is 9.75. The fraction of sp³-hybridized carbons (Fsp3) is 0.0357. The first-order valence-electron chi connectivity index (χ1n) is 9.75. The maximum atomic E-state index is 11.7. The Labute approximate surface area is 172 Å². The van der Waals surface area contributed by atoms with E-state index in [0.29, 0.717) is 0 Å². The summed E-state index contributed by atoms with van der Waals surface area (Å²) in [6.45, 7) is 1.58. The van der Waals surface area contributed by atoms with Crippen molar-refractivity contribution in [2.24, 2.45) is 0 Å². The monoisotopic (exact) mass is 374 g/mol. The molecule has 0 bridgehead atoms. The minimum Gasteiger partial charge on any atom is -0.295 e. The number of rotatable bonds is 5. The number of carbonyl (C=O) groups is 1. The van der Waals surface area contributed by atoms with Gasteiger partial charge in [0.15, 0.2) is 5.78 Å². The molecule has 0 N–H and O–H groups in total. The van der Waals surface area contributed by atoms with Crippen LogP contribution in [0.5, 0.6) is 0 Å². The zero-order valence-electron chi connectivity index (χ0n) is 16.4. The number of ketones is 1. The Morgan fingerprint density at radius 3 is 1.86 bits per heavy atom. The van der Waals surface area contributed by atoms with Crippen LogP contribution in [-0.4, -0.2) is 5.78 Å². The van der Waals surface area contributed by atoms with Crippen LogP contribution < -0.4 is 0 Å². The van der Waals surface area contributed by atoms with Crippen LogP contribution in [0.3, 0.4) is 0 Å². The van der Waals surface area contributed by atoms with Crippen LogP contribution in [0.25, 0.3) is 17.2 Å². The van der Waals surface area contributed by atoms with Gasteiger partial charge in [-0.2, -0.15) is 0 Å². The molecule has 29 heavy (non-hydrogen) atoms. The highest BCUT2D eigenvalue weighted by atomic mass is 16.1. The molecule has 4 rings (SSSR count). The van der Waals surface area contributed by atoms with Crippen molar-refractivity contribution in [1.29, 1.82) is 0 Å². The Kier molecular flexibility index (Phi) is 5.49. The van der Waals surface area contributed by atoms with Gasteiger partial charge in [-0.25, -0.2) is 0 Å². The lowest BCUT2D eigenvalue weighted by Crippen LogP contribution is -1.91. The van der Waals surface area contributed by atoms with Crippen LogP contribution in [0, 0.1) is 0 Å². The summed E-state index contributed by atoms with van der Waals surface area (Å²) in [4.78, 5) is 11.7. The maximum Gasteiger partial charge on any atom is 0.152 e. The summed E-state index contributed by atoms with van der Waals surface area (Å²) < 4.78 is 0. The predicted octanol–water partition coefficient (Wildman–Crippen LogP) is 6.77. The van der Waals surface area contributed by atoms with Gasteiger partial charge in [0.05, 0.1) is 0 Å². The molecule has 0 saturated heterocycles. The zero-order chi connectivity index (χ0) is 20.1. The predicted molar refractivity (Wildman–Crippen MR) is 122 cm³/mol. The molecular weight excluding hydrogens is 352 g/mol. The molecule has 0 radical (unpaired) electrons. The van der Waals surface area contributed by atoms with Crippen molar-refractivity contribution in [3.8, 4) is 0 Å². The lowest BCUT2D eigenvalue weighted by atomic mass is 9.93. The average Bonchev–Trinajstić information content (AvgIpc) is 3.12. The van der Waals surface area contributed by atoms with Gasteiger partial charge in [0.2, 0.25) is 0 Å². The Hall–Kier alpha value is -3.71. The van der Waals surface area contributed by atoms with Gasteiger partial charge in [0, 0.05) is 0 Å². The SMILES string of the molecule is CC(=O)/C=C\C1=C(c2ccccc2)C(=C/c2ccccc2)/C=C1c1ccccc1. The molecule has 0 aromatic heterocycles. The van der Waals surface area contributed by atoms with E-state index in [0.717, 1.165) is 39.0 Å². The summed E-state index contributed by atoms with van der Waals surface area (Å²) in [6.07, 6.45) is 8.04. The number of hydrogen-bond donors (Lipinski definition) is 0. The molecule has 3 aromatic carbocycles.